The molecule has 29 heavy (non-hydrogen) atoms. The molecule has 3 aromatic carbocycles. The SMILES string of the molecule is Cc1cc(N(C)C)c(C)cc1-c1cccc(C)c1-c1cc(C)c(N(C)C)cc1C. The molecule has 0 unspecified atom stereocenters. The first-order valence-electron chi connectivity index (χ1n) is 10.3. The predicted octanol–water partition coefficient (Wildman–Crippen LogP) is 6.69. The summed E-state index contributed by atoms with van der Waals surface area (Å²) in [7, 11) is 8.44. The molecule has 0 bridgehead atoms. The predicted molar refractivity (Wildman–Crippen MR) is 130 cm³/mol. The fraction of sp³-hybridized carbons (Fsp3) is 0.333. The summed E-state index contributed by atoms with van der Waals surface area (Å²) in [6.07, 6.45) is 0. The molecule has 0 N–H and O–H groups in total. The summed E-state index contributed by atoms with van der Waals surface area (Å²) < 4.78 is 0. The van der Waals surface area contributed by atoms with Crippen LogP contribution in [0.4, 0.5) is 11.4 Å². The van der Waals surface area contributed by atoms with Gasteiger partial charge in [-0.1, -0.05) is 18.2 Å². The van der Waals surface area contributed by atoms with Gasteiger partial charge >= 0.3 is 0 Å². The molecule has 0 atom stereocenters. The van der Waals surface area contributed by atoms with Crippen LogP contribution < -0.4 is 9.80 Å². The van der Waals surface area contributed by atoms with E-state index in [1.165, 1.54) is 61.4 Å². The maximum Gasteiger partial charge on any atom is 0.0393 e. The average Bonchev–Trinajstić information content (AvgIpc) is 2.64. The van der Waals surface area contributed by atoms with Gasteiger partial charge in [0.05, 0.1) is 0 Å². The summed E-state index contributed by atoms with van der Waals surface area (Å²) in [6.45, 7) is 11.1. The minimum absolute atomic E-state index is 1.28. The van der Waals surface area contributed by atoms with Gasteiger partial charge in [-0.15, -0.1) is 0 Å². The Kier molecular flexibility index (Phi) is 5.75. The van der Waals surface area contributed by atoms with Crippen molar-refractivity contribution in [2.24, 2.45) is 0 Å². The molecule has 0 saturated carbocycles. The smallest absolute Gasteiger partial charge is 0.0393 e. The van der Waals surface area contributed by atoms with Crippen LogP contribution in [-0.4, -0.2) is 28.2 Å². The lowest BCUT2D eigenvalue weighted by Gasteiger charge is -2.23. The van der Waals surface area contributed by atoms with Crippen molar-refractivity contribution in [2.45, 2.75) is 34.6 Å². The zero-order valence-corrected chi connectivity index (χ0v) is 19.4. The van der Waals surface area contributed by atoms with Gasteiger partial charge in [-0.2, -0.15) is 0 Å². The van der Waals surface area contributed by atoms with Gasteiger partial charge < -0.3 is 9.80 Å². The molecule has 0 amide bonds. The van der Waals surface area contributed by atoms with Crippen molar-refractivity contribution in [2.75, 3.05) is 38.0 Å². The van der Waals surface area contributed by atoms with E-state index in [9.17, 15) is 0 Å². The van der Waals surface area contributed by atoms with Gasteiger partial charge in [0.15, 0.2) is 0 Å². The van der Waals surface area contributed by atoms with Gasteiger partial charge in [0.25, 0.3) is 0 Å². The molecule has 0 fully saturated rings. The lowest BCUT2D eigenvalue weighted by Crippen LogP contribution is -2.11. The van der Waals surface area contributed by atoms with E-state index < -0.39 is 0 Å². The number of hydrogen-bond donors (Lipinski definition) is 0. The van der Waals surface area contributed by atoms with Crippen molar-refractivity contribution in [1.29, 1.82) is 0 Å². The average molecular weight is 387 g/mol. The number of nitrogens with zero attached hydrogens (tertiary/aromatic N) is 2. The zero-order valence-electron chi connectivity index (χ0n) is 19.4. The van der Waals surface area contributed by atoms with Crippen LogP contribution in [0.25, 0.3) is 22.3 Å². The Hall–Kier alpha value is -2.74. The maximum atomic E-state index is 2.35. The highest BCUT2D eigenvalue weighted by Gasteiger charge is 2.17. The fourth-order valence-corrected chi connectivity index (χ4v) is 4.37. The van der Waals surface area contributed by atoms with E-state index in [-0.39, 0.29) is 0 Å². The summed E-state index contributed by atoms with van der Waals surface area (Å²) >= 11 is 0. The molecule has 3 rings (SSSR count). The molecule has 0 aliphatic carbocycles. The monoisotopic (exact) mass is 386 g/mol. The molecule has 152 valence electrons. The molecule has 3 aromatic rings. The van der Waals surface area contributed by atoms with Crippen molar-refractivity contribution in [3.05, 3.63) is 70.3 Å². The van der Waals surface area contributed by atoms with E-state index in [1.54, 1.807) is 0 Å². The molecule has 2 heteroatoms. The number of aryl methyl sites for hydroxylation is 5. The van der Waals surface area contributed by atoms with Crippen LogP contribution in [-0.2, 0) is 0 Å². The molecule has 0 aromatic heterocycles. The standard InChI is InChI=1S/C27H34N2/c1-17-11-10-12-22(23-13-20(4)25(28(6)7)15-18(23)2)27(17)24-14-21(5)26(29(8)9)16-19(24)3/h10-16H,1-9H3. The van der Waals surface area contributed by atoms with Crippen LogP contribution in [0.5, 0.6) is 0 Å². The summed E-state index contributed by atoms with van der Waals surface area (Å²) in [5.41, 5.74) is 14.4. The summed E-state index contributed by atoms with van der Waals surface area (Å²) in [5, 5.41) is 0. The second-order valence-electron chi connectivity index (χ2n) is 8.69. The third-order valence-electron chi connectivity index (χ3n) is 5.88. The van der Waals surface area contributed by atoms with Crippen LogP contribution in [0, 0.1) is 34.6 Å². The second kappa shape index (κ2) is 7.94. The van der Waals surface area contributed by atoms with E-state index in [4.69, 9.17) is 0 Å². The van der Waals surface area contributed by atoms with E-state index in [0.717, 1.165) is 0 Å². The molecule has 0 spiro atoms. The number of benzene rings is 3. The van der Waals surface area contributed by atoms with Crippen molar-refractivity contribution in [1.82, 2.24) is 0 Å². The van der Waals surface area contributed by atoms with Gasteiger partial charge in [0, 0.05) is 39.6 Å². The molecule has 0 aliphatic rings. The molecule has 0 radical (unpaired) electrons. The highest BCUT2D eigenvalue weighted by Crippen LogP contribution is 2.41. The first kappa shape index (κ1) is 21.0. The molecule has 2 nitrogen and oxygen atoms in total. The van der Waals surface area contributed by atoms with Gasteiger partial charge in [-0.05, 0) is 109 Å². The van der Waals surface area contributed by atoms with E-state index in [2.05, 4.69) is 115 Å². The first-order valence-corrected chi connectivity index (χ1v) is 10.3. The van der Waals surface area contributed by atoms with Crippen LogP contribution in [0.2, 0.25) is 0 Å². The minimum atomic E-state index is 1.28. The van der Waals surface area contributed by atoms with E-state index in [0.29, 0.717) is 0 Å². The minimum Gasteiger partial charge on any atom is -0.377 e. The van der Waals surface area contributed by atoms with Gasteiger partial charge in [0.1, 0.15) is 0 Å². The number of hydrogen-bond acceptors (Lipinski definition) is 2. The Morgan fingerprint density at radius 1 is 0.483 bits per heavy atom. The Labute approximate surface area is 176 Å². The lowest BCUT2D eigenvalue weighted by atomic mass is 9.86. The largest absolute Gasteiger partial charge is 0.377 e. The number of anilines is 2. The van der Waals surface area contributed by atoms with Crippen LogP contribution >= 0.6 is 0 Å². The fourth-order valence-electron chi connectivity index (χ4n) is 4.37. The molecule has 0 heterocycles. The third-order valence-corrected chi connectivity index (χ3v) is 5.88. The van der Waals surface area contributed by atoms with Crippen molar-refractivity contribution >= 4 is 11.4 Å². The highest BCUT2D eigenvalue weighted by molar-refractivity contribution is 5.90. The quantitative estimate of drug-likeness (QED) is 0.492. The van der Waals surface area contributed by atoms with E-state index >= 15 is 0 Å². The molecular weight excluding hydrogens is 352 g/mol. The van der Waals surface area contributed by atoms with Crippen LogP contribution in [0.1, 0.15) is 27.8 Å². The highest BCUT2D eigenvalue weighted by atomic mass is 15.1. The molecular formula is C27H34N2. The van der Waals surface area contributed by atoms with Crippen molar-refractivity contribution < 1.29 is 0 Å². The Morgan fingerprint density at radius 2 is 0.966 bits per heavy atom. The Morgan fingerprint density at radius 3 is 1.48 bits per heavy atom. The normalized spacial score (nSPS) is 10.9. The van der Waals surface area contributed by atoms with Gasteiger partial charge in [-0.25, -0.2) is 0 Å². The Balaban J connectivity index is 2.29. The zero-order chi connectivity index (χ0) is 21.5. The van der Waals surface area contributed by atoms with Gasteiger partial charge in [0.2, 0.25) is 0 Å². The van der Waals surface area contributed by atoms with Crippen molar-refractivity contribution in [3.8, 4) is 22.3 Å². The number of rotatable bonds is 4. The van der Waals surface area contributed by atoms with E-state index in [1.807, 2.05) is 0 Å². The molecule has 0 aliphatic heterocycles. The topological polar surface area (TPSA) is 6.48 Å². The van der Waals surface area contributed by atoms with Crippen LogP contribution in [0.3, 0.4) is 0 Å². The summed E-state index contributed by atoms with van der Waals surface area (Å²) in [5.74, 6) is 0. The summed E-state index contributed by atoms with van der Waals surface area (Å²) in [4.78, 5) is 4.38. The van der Waals surface area contributed by atoms with Crippen LogP contribution in [0.15, 0.2) is 42.5 Å². The third kappa shape index (κ3) is 3.89. The maximum absolute atomic E-state index is 2.35. The summed E-state index contributed by atoms with van der Waals surface area (Å²) in [6, 6.07) is 16.0. The first-order chi connectivity index (χ1) is 13.6. The Bertz CT molecular complexity index is 1060. The van der Waals surface area contributed by atoms with Crippen molar-refractivity contribution in [3.63, 3.8) is 0 Å². The van der Waals surface area contributed by atoms with Gasteiger partial charge in [-0.3, -0.25) is 0 Å². The second-order valence-corrected chi connectivity index (χ2v) is 8.69. The molecule has 0 saturated heterocycles. The lowest BCUT2D eigenvalue weighted by molar-refractivity contribution is 1.11.